The lowest BCUT2D eigenvalue weighted by Gasteiger charge is -2.21. The van der Waals surface area contributed by atoms with E-state index in [9.17, 15) is 29.7 Å². The van der Waals surface area contributed by atoms with E-state index < -0.39 is 18.0 Å². The molecule has 11 nitrogen and oxygen atoms in total. The number of aromatic carboxylic acids is 1. The predicted octanol–water partition coefficient (Wildman–Crippen LogP) is 3.70. The number of rotatable bonds is 10. The Morgan fingerprint density at radius 2 is 1.79 bits per heavy atom. The van der Waals surface area contributed by atoms with E-state index in [2.05, 4.69) is 20.9 Å². The summed E-state index contributed by atoms with van der Waals surface area (Å²) >= 11 is 0. The Morgan fingerprint density at radius 3 is 2.45 bits per heavy atom. The van der Waals surface area contributed by atoms with Crippen LogP contribution in [0.2, 0.25) is 0 Å². The predicted molar refractivity (Wildman–Crippen MR) is 161 cm³/mol. The van der Waals surface area contributed by atoms with Gasteiger partial charge in [-0.1, -0.05) is 18.2 Å². The second-order valence-electron chi connectivity index (χ2n) is 10.0. The van der Waals surface area contributed by atoms with E-state index in [1.165, 1.54) is 12.1 Å². The van der Waals surface area contributed by atoms with Crippen LogP contribution < -0.4 is 21.4 Å². The van der Waals surface area contributed by atoms with Gasteiger partial charge >= 0.3 is 11.9 Å². The summed E-state index contributed by atoms with van der Waals surface area (Å²) < 4.78 is 6.23. The van der Waals surface area contributed by atoms with Crippen molar-refractivity contribution in [2.45, 2.75) is 39.3 Å². The van der Waals surface area contributed by atoms with Crippen LogP contribution in [0.4, 0.5) is 0 Å². The molecule has 0 amide bonds. The third-order valence-corrected chi connectivity index (χ3v) is 7.24. The lowest BCUT2D eigenvalue weighted by molar-refractivity contribution is -0.139. The molecule has 0 aromatic heterocycles. The number of carbonyl (C=O) groups is 2. The number of carboxylic acids is 2. The van der Waals surface area contributed by atoms with E-state index in [1.807, 2.05) is 0 Å². The minimum absolute atomic E-state index is 0.0578. The number of aliphatic carboxylic acids is 1. The van der Waals surface area contributed by atoms with E-state index in [4.69, 9.17) is 4.42 Å². The molecule has 0 unspecified atom stereocenters. The number of benzene rings is 3. The fourth-order valence-electron chi connectivity index (χ4n) is 5.04. The molecule has 11 heteroatoms. The SMILES string of the molecule is CN=C(NC)NCCC[C@H](NCc1c(O)c(C)cc2c(-c3ccccc3C(=O)O)c3cc(C)c(=O)cc-3oc12)C(=O)O. The van der Waals surface area contributed by atoms with Crippen LogP contribution >= 0.6 is 0 Å². The molecule has 1 aliphatic heterocycles. The molecule has 2 aliphatic rings. The van der Waals surface area contributed by atoms with Gasteiger partial charge in [-0.05, 0) is 61.6 Å². The van der Waals surface area contributed by atoms with E-state index in [0.29, 0.717) is 64.1 Å². The van der Waals surface area contributed by atoms with Crippen molar-refractivity contribution in [2.24, 2.45) is 4.99 Å². The van der Waals surface area contributed by atoms with Crippen LogP contribution in [-0.2, 0) is 11.3 Å². The van der Waals surface area contributed by atoms with Gasteiger partial charge in [-0.3, -0.25) is 14.6 Å². The number of guanidine groups is 1. The number of aromatic hydroxyl groups is 1. The number of phenolic OH excluding ortho intramolecular Hbond substituents is 1. The number of fused-ring (bicyclic) bond motifs is 2. The third kappa shape index (κ3) is 6.06. The maximum absolute atomic E-state index is 12.6. The molecule has 1 atom stereocenters. The lowest BCUT2D eigenvalue weighted by atomic mass is 9.88. The zero-order chi connectivity index (χ0) is 30.6. The summed E-state index contributed by atoms with van der Waals surface area (Å²) in [4.78, 5) is 40.9. The van der Waals surface area contributed by atoms with Crippen LogP contribution in [0.3, 0.4) is 0 Å². The van der Waals surface area contributed by atoms with Crippen molar-refractivity contribution in [2.75, 3.05) is 20.6 Å². The molecule has 42 heavy (non-hydrogen) atoms. The van der Waals surface area contributed by atoms with Crippen molar-refractivity contribution in [3.8, 4) is 28.2 Å². The van der Waals surface area contributed by atoms with Gasteiger partial charge in [-0.2, -0.15) is 0 Å². The summed E-state index contributed by atoms with van der Waals surface area (Å²) in [7, 11) is 3.37. The van der Waals surface area contributed by atoms with Gasteiger partial charge in [0.05, 0.1) is 11.1 Å². The first-order valence-corrected chi connectivity index (χ1v) is 13.5. The number of hydrogen-bond donors (Lipinski definition) is 6. The van der Waals surface area contributed by atoms with Gasteiger partial charge in [0.15, 0.2) is 11.4 Å². The summed E-state index contributed by atoms with van der Waals surface area (Å²) in [5.74, 6) is -1.44. The maximum Gasteiger partial charge on any atom is 0.336 e. The number of phenols is 1. The Labute approximate surface area is 242 Å². The minimum Gasteiger partial charge on any atom is -0.507 e. The van der Waals surface area contributed by atoms with Crippen LogP contribution in [0.5, 0.6) is 5.75 Å². The first-order valence-electron chi connectivity index (χ1n) is 13.5. The highest BCUT2D eigenvalue weighted by Gasteiger charge is 2.26. The highest BCUT2D eigenvalue weighted by molar-refractivity contribution is 6.08. The Hall–Kier alpha value is -4.90. The Morgan fingerprint density at radius 1 is 1.05 bits per heavy atom. The number of aryl methyl sites for hydroxylation is 2. The lowest BCUT2D eigenvalue weighted by Crippen LogP contribution is -2.38. The van der Waals surface area contributed by atoms with Crippen molar-refractivity contribution in [3.63, 3.8) is 0 Å². The van der Waals surface area contributed by atoms with Gasteiger partial charge in [0.25, 0.3) is 0 Å². The Balaban J connectivity index is 1.83. The molecule has 0 spiro atoms. The fraction of sp³-hybridized carbons (Fsp3) is 0.290. The first-order chi connectivity index (χ1) is 20.1. The molecule has 1 heterocycles. The van der Waals surface area contributed by atoms with Crippen LogP contribution in [0.15, 0.2) is 56.7 Å². The van der Waals surface area contributed by atoms with E-state index in [1.54, 1.807) is 58.3 Å². The summed E-state index contributed by atoms with van der Waals surface area (Å²) in [6.07, 6.45) is 0.825. The van der Waals surface area contributed by atoms with Gasteiger partial charge in [-0.15, -0.1) is 0 Å². The molecule has 0 fully saturated rings. The molecule has 0 saturated heterocycles. The number of aliphatic imine (C=N–C) groups is 1. The topological polar surface area (TPSA) is 173 Å². The molecule has 0 radical (unpaired) electrons. The van der Waals surface area contributed by atoms with Crippen LogP contribution in [0, 0.1) is 13.8 Å². The van der Waals surface area contributed by atoms with Gasteiger partial charge in [0, 0.05) is 49.8 Å². The summed E-state index contributed by atoms with van der Waals surface area (Å²) in [5.41, 5.74) is 2.80. The van der Waals surface area contributed by atoms with Crippen molar-refractivity contribution in [1.29, 1.82) is 0 Å². The number of nitrogens with zero attached hydrogens (tertiary/aromatic N) is 1. The zero-order valence-electron chi connectivity index (χ0n) is 23.9. The highest BCUT2D eigenvalue weighted by atomic mass is 16.4. The highest BCUT2D eigenvalue weighted by Crippen LogP contribution is 2.44. The van der Waals surface area contributed by atoms with Gasteiger partial charge in [0.2, 0.25) is 0 Å². The zero-order valence-corrected chi connectivity index (χ0v) is 23.9. The fourth-order valence-corrected chi connectivity index (χ4v) is 5.04. The minimum atomic E-state index is -1.12. The smallest absolute Gasteiger partial charge is 0.336 e. The molecule has 2 aromatic rings. The van der Waals surface area contributed by atoms with Crippen molar-refractivity contribution >= 4 is 28.9 Å². The quantitative estimate of drug-likeness (QED) is 0.0709. The molecule has 6 N–H and O–H groups in total. The second kappa shape index (κ2) is 12.7. The molecular weight excluding hydrogens is 540 g/mol. The standard InChI is InChI=1S/C31H34N4O7/c1-16-12-20-25(14-24(16)36)42-28-21(26(20)18-8-5-6-9-19(18)29(38)39)13-17(2)27(37)22(28)15-35-23(30(40)41)10-7-11-34-31(32-3)33-4/h5-6,8-9,12-14,23,35,37H,7,10-11,15H2,1-4H3,(H,38,39)(H,40,41)(H2,32,33,34)/t23-/m0/s1. The van der Waals surface area contributed by atoms with Crippen LogP contribution in [0.25, 0.3) is 33.4 Å². The molecule has 0 bridgehead atoms. The van der Waals surface area contributed by atoms with Gasteiger partial charge < -0.3 is 35.7 Å². The van der Waals surface area contributed by atoms with Crippen LogP contribution in [-0.4, -0.2) is 59.9 Å². The van der Waals surface area contributed by atoms with E-state index >= 15 is 0 Å². The second-order valence-corrected chi connectivity index (χ2v) is 10.0. The molecule has 1 aliphatic carbocycles. The number of hydrogen-bond acceptors (Lipinski definition) is 7. The summed E-state index contributed by atoms with van der Waals surface area (Å²) in [6.45, 7) is 3.82. The Kier molecular flexibility index (Phi) is 9.12. The first kappa shape index (κ1) is 30.1. The van der Waals surface area contributed by atoms with E-state index in [0.717, 1.165) is 0 Å². The average molecular weight is 575 g/mol. The summed E-state index contributed by atoms with van der Waals surface area (Å²) in [6, 6.07) is 10.4. The molecule has 220 valence electrons. The van der Waals surface area contributed by atoms with Crippen molar-refractivity contribution < 1.29 is 29.3 Å². The normalized spacial score (nSPS) is 12.4. The number of carboxylic acid groups (broad SMARTS) is 2. The monoisotopic (exact) mass is 574 g/mol. The number of nitrogens with one attached hydrogen (secondary N) is 3. The maximum atomic E-state index is 12.6. The summed E-state index contributed by atoms with van der Waals surface area (Å²) in [5, 5.41) is 40.5. The van der Waals surface area contributed by atoms with Crippen molar-refractivity contribution in [3.05, 3.63) is 74.9 Å². The molecule has 0 saturated carbocycles. The van der Waals surface area contributed by atoms with Crippen LogP contribution in [0.1, 0.15) is 39.9 Å². The van der Waals surface area contributed by atoms with E-state index in [-0.39, 0.29) is 34.6 Å². The third-order valence-electron chi connectivity index (χ3n) is 7.24. The van der Waals surface area contributed by atoms with Crippen molar-refractivity contribution in [1.82, 2.24) is 16.0 Å². The largest absolute Gasteiger partial charge is 0.507 e. The molecule has 4 rings (SSSR count). The van der Waals surface area contributed by atoms with Gasteiger partial charge in [-0.25, -0.2) is 4.79 Å². The van der Waals surface area contributed by atoms with Gasteiger partial charge in [0.1, 0.15) is 23.1 Å². The molecule has 2 aromatic carbocycles. The Bertz CT molecular complexity index is 1710. The molecular formula is C31H34N4O7. The average Bonchev–Trinajstić information content (AvgIpc) is 2.96.